The fraction of sp³-hybridized carbons (Fsp3) is 0.375. The number of ether oxygens (including phenoxy) is 4. The first kappa shape index (κ1) is 10.9. The molecule has 4 bridgehead atoms. The molecular weight excluding hydrogens is 256 g/mol. The molecule has 0 amide bonds. The summed E-state index contributed by atoms with van der Waals surface area (Å²) in [7, 11) is 3.43. The first-order valence-corrected chi connectivity index (χ1v) is 6.82. The van der Waals surface area contributed by atoms with Crippen LogP contribution in [0.5, 0.6) is 11.5 Å². The summed E-state index contributed by atoms with van der Waals surface area (Å²) in [6.07, 6.45) is 8.27. The first-order chi connectivity index (χ1) is 9.83. The van der Waals surface area contributed by atoms with Crippen molar-refractivity contribution in [2.24, 2.45) is 0 Å². The van der Waals surface area contributed by atoms with E-state index in [4.69, 9.17) is 18.9 Å². The molecule has 0 aromatic heterocycles. The topological polar surface area (TPSA) is 36.9 Å². The summed E-state index contributed by atoms with van der Waals surface area (Å²) in [5.74, 6) is 1.81. The Labute approximate surface area is 116 Å². The molecule has 20 heavy (non-hydrogen) atoms. The second-order valence-corrected chi connectivity index (χ2v) is 5.45. The highest BCUT2D eigenvalue weighted by Crippen LogP contribution is 2.62. The fourth-order valence-electron chi connectivity index (χ4n) is 3.91. The molecule has 1 aromatic carbocycles. The zero-order valence-electron chi connectivity index (χ0n) is 11.3. The van der Waals surface area contributed by atoms with Gasteiger partial charge in [0.15, 0.2) is 0 Å². The van der Waals surface area contributed by atoms with Crippen LogP contribution in [0.1, 0.15) is 46.7 Å². The zero-order valence-corrected chi connectivity index (χ0v) is 11.3. The van der Waals surface area contributed by atoms with Crippen LogP contribution < -0.4 is 9.47 Å². The summed E-state index contributed by atoms with van der Waals surface area (Å²) < 4.78 is 23.4. The van der Waals surface area contributed by atoms with E-state index >= 15 is 0 Å². The van der Waals surface area contributed by atoms with Gasteiger partial charge >= 0.3 is 0 Å². The summed E-state index contributed by atoms with van der Waals surface area (Å²) in [6.45, 7) is 0. The molecule has 1 aromatic rings. The number of benzene rings is 1. The molecule has 0 saturated heterocycles. The van der Waals surface area contributed by atoms with Crippen molar-refractivity contribution in [3.05, 3.63) is 46.6 Å². The molecule has 5 rings (SSSR count). The lowest BCUT2D eigenvalue weighted by molar-refractivity contribution is 0.0807. The second kappa shape index (κ2) is 3.45. The molecule has 4 heteroatoms. The highest BCUT2D eigenvalue weighted by molar-refractivity contribution is 5.69. The Kier molecular flexibility index (Phi) is 1.89. The third kappa shape index (κ3) is 1.04. The predicted octanol–water partition coefficient (Wildman–Crippen LogP) is 3.07. The first-order valence-electron chi connectivity index (χ1n) is 6.82. The van der Waals surface area contributed by atoms with E-state index in [-0.39, 0.29) is 24.4 Å². The number of hydrogen-bond acceptors (Lipinski definition) is 4. The third-order valence-corrected chi connectivity index (χ3v) is 4.61. The average molecular weight is 270 g/mol. The van der Waals surface area contributed by atoms with Crippen molar-refractivity contribution in [3.8, 4) is 11.5 Å². The average Bonchev–Trinajstić information content (AvgIpc) is 3.23. The van der Waals surface area contributed by atoms with Gasteiger partial charge in [0.2, 0.25) is 0 Å². The molecule has 4 heterocycles. The van der Waals surface area contributed by atoms with E-state index in [1.54, 1.807) is 14.2 Å². The van der Waals surface area contributed by atoms with Gasteiger partial charge in [-0.2, -0.15) is 0 Å². The van der Waals surface area contributed by atoms with Crippen LogP contribution in [-0.4, -0.2) is 14.2 Å². The minimum absolute atomic E-state index is 0.0211. The van der Waals surface area contributed by atoms with Crippen molar-refractivity contribution >= 4 is 0 Å². The van der Waals surface area contributed by atoms with Gasteiger partial charge in [-0.05, 0) is 0 Å². The van der Waals surface area contributed by atoms with Gasteiger partial charge in [0.1, 0.15) is 35.9 Å². The van der Waals surface area contributed by atoms with Crippen molar-refractivity contribution in [1.29, 1.82) is 0 Å². The van der Waals surface area contributed by atoms with Crippen LogP contribution in [0.3, 0.4) is 0 Å². The Morgan fingerprint density at radius 3 is 1.20 bits per heavy atom. The van der Waals surface area contributed by atoms with Crippen LogP contribution in [0.25, 0.3) is 0 Å². The molecule has 0 spiro atoms. The summed E-state index contributed by atoms with van der Waals surface area (Å²) >= 11 is 0. The van der Waals surface area contributed by atoms with Crippen LogP contribution in [0.2, 0.25) is 0 Å². The van der Waals surface area contributed by atoms with Gasteiger partial charge in [-0.3, -0.25) is 0 Å². The Morgan fingerprint density at radius 2 is 0.950 bits per heavy atom. The van der Waals surface area contributed by atoms with Crippen molar-refractivity contribution in [3.63, 3.8) is 0 Å². The molecule has 0 unspecified atom stereocenters. The Bertz CT molecular complexity index is 580. The molecule has 4 aliphatic rings. The Hall–Kier alpha value is -1.78. The van der Waals surface area contributed by atoms with E-state index in [2.05, 4.69) is 24.3 Å². The van der Waals surface area contributed by atoms with Gasteiger partial charge < -0.3 is 18.9 Å². The molecule has 0 N–H and O–H groups in total. The van der Waals surface area contributed by atoms with E-state index in [9.17, 15) is 0 Å². The third-order valence-electron chi connectivity index (χ3n) is 4.61. The highest BCUT2D eigenvalue weighted by Gasteiger charge is 2.47. The number of hydrogen-bond donors (Lipinski definition) is 0. The number of methoxy groups -OCH3 is 2. The van der Waals surface area contributed by atoms with Gasteiger partial charge in [-0.25, -0.2) is 0 Å². The maximum absolute atomic E-state index is 5.96. The van der Waals surface area contributed by atoms with Gasteiger partial charge in [0.25, 0.3) is 0 Å². The second-order valence-electron chi connectivity index (χ2n) is 5.45. The summed E-state index contributed by atoms with van der Waals surface area (Å²) in [6, 6.07) is 0. The van der Waals surface area contributed by atoms with Crippen LogP contribution >= 0.6 is 0 Å². The van der Waals surface area contributed by atoms with Crippen LogP contribution in [-0.2, 0) is 9.47 Å². The SMILES string of the molecule is COc1c2c(c(OC)c3c1[C@H]1C=C[C@H]3O1)[C@H]1C=C[C@@H]2O1. The fourth-order valence-corrected chi connectivity index (χ4v) is 3.91. The van der Waals surface area contributed by atoms with Crippen molar-refractivity contribution in [1.82, 2.24) is 0 Å². The smallest absolute Gasteiger partial charge is 0.132 e. The normalized spacial score (nSPS) is 33.7. The van der Waals surface area contributed by atoms with E-state index in [1.165, 1.54) is 0 Å². The lowest BCUT2D eigenvalue weighted by Gasteiger charge is -2.22. The highest BCUT2D eigenvalue weighted by atomic mass is 16.5. The lowest BCUT2D eigenvalue weighted by atomic mass is 9.85. The molecule has 102 valence electrons. The largest absolute Gasteiger partial charge is 0.496 e. The van der Waals surface area contributed by atoms with Crippen molar-refractivity contribution in [2.75, 3.05) is 14.2 Å². The van der Waals surface area contributed by atoms with Crippen molar-refractivity contribution in [2.45, 2.75) is 24.4 Å². The summed E-state index contributed by atoms with van der Waals surface area (Å²) in [5, 5.41) is 0. The summed E-state index contributed by atoms with van der Waals surface area (Å²) in [4.78, 5) is 0. The molecule has 4 aliphatic heterocycles. The standard InChI is InChI=1S/C16H14O4/c1-17-15-11-7-3-5-9(19-7)13(11)16(18-2)14-10-6-4-8(20-10)12(14)15/h3-10H,1-2H3/t7-,8-,9-,10+/m1/s1. The molecule has 0 radical (unpaired) electrons. The monoisotopic (exact) mass is 270 g/mol. The quantitative estimate of drug-likeness (QED) is 0.774. The molecular formula is C16H14O4. The lowest BCUT2D eigenvalue weighted by Crippen LogP contribution is -2.08. The summed E-state index contributed by atoms with van der Waals surface area (Å²) in [5.41, 5.74) is 4.45. The van der Waals surface area contributed by atoms with E-state index in [0.29, 0.717) is 0 Å². The minimum Gasteiger partial charge on any atom is -0.496 e. The van der Waals surface area contributed by atoms with Gasteiger partial charge in [0.05, 0.1) is 14.2 Å². The molecule has 4 nitrogen and oxygen atoms in total. The van der Waals surface area contributed by atoms with Gasteiger partial charge in [-0.1, -0.05) is 24.3 Å². The molecule has 0 saturated carbocycles. The van der Waals surface area contributed by atoms with Gasteiger partial charge in [-0.15, -0.1) is 0 Å². The van der Waals surface area contributed by atoms with Crippen molar-refractivity contribution < 1.29 is 18.9 Å². The predicted molar refractivity (Wildman–Crippen MR) is 71.0 cm³/mol. The van der Waals surface area contributed by atoms with E-state index in [0.717, 1.165) is 33.8 Å². The van der Waals surface area contributed by atoms with Crippen LogP contribution in [0.4, 0.5) is 0 Å². The number of rotatable bonds is 2. The van der Waals surface area contributed by atoms with E-state index in [1.807, 2.05) is 0 Å². The molecule has 0 fully saturated rings. The Morgan fingerprint density at radius 1 is 0.650 bits per heavy atom. The zero-order chi connectivity index (χ0) is 13.4. The van der Waals surface area contributed by atoms with E-state index < -0.39 is 0 Å². The van der Waals surface area contributed by atoms with Crippen LogP contribution in [0.15, 0.2) is 24.3 Å². The van der Waals surface area contributed by atoms with Crippen LogP contribution in [0, 0.1) is 0 Å². The maximum atomic E-state index is 5.96. The Balaban J connectivity index is 1.89. The minimum atomic E-state index is -0.0211. The molecule has 4 atom stereocenters. The molecule has 0 aliphatic carbocycles. The van der Waals surface area contributed by atoms with Gasteiger partial charge in [0, 0.05) is 22.3 Å². The number of fused-ring (bicyclic) bond motifs is 10. The maximum Gasteiger partial charge on any atom is 0.132 e.